The lowest BCUT2D eigenvalue weighted by molar-refractivity contribution is 0.628. The fourth-order valence-electron chi connectivity index (χ4n) is 1.94. The van der Waals surface area contributed by atoms with E-state index in [9.17, 15) is 4.39 Å². The molecule has 0 amide bonds. The number of halogens is 1. The number of rotatable bonds is 2. The maximum atomic E-state index is 12.9. The summed E-state index contributed by atoms with van der Waals surface area (Å²) in [6, 6.07) is 6.39. The van der Waals surface area contributed by atoms with Crippen LogP contribution in [0, 0.1) is 12.7 Å². The molecule has 1 heterocycles. The predicted octanol–water partition coefficient (Wildman–Crippen LogP) is 3.71. The Morgan fingerprint density at radius 2 is 1.71 bits per heavy atom. The molecule has 88 valence electrons. The summed E-state index contributed by atoms with van der Waals surface area (Å²) in [6.45, 7) is 6.21. The van der Waals surface area contributed by atoms with Gasteiger partial charge in [0.2, 0.25) is 0 Å². The van der Waals surface area contributed by atoms with Crippen molar-refractivity contribution in [2.24, 2.45) is 0 Å². The second-order valence-electron chi connectivity index (χ2n) is 4.39. The summed E-state index contributed by atoms with van der Waals surface area (Å²) in [7, 11) is 0. The van der Waals surface area contributed by atoms with E-state index < -0.39 is 0 Å². The molecule has 0 aliphatic carbocycles. The zero-order valence-electron chi connectivity index (χ0n) is 10.2. The molecule has 0 N–H and O–H groups in total. The van der Waals surface area contributed by atoms with Crippen LogP contribution in [0.25, 0.3) is 11.3 Å². The van der Waals surface area contributed by atoms with Crippen molar-refractivity contribution in [3.8, 4) is 11.3 Å². The highest BCUT2D eigenvalue weighted by Crippen LogP contribution is 2.25. The number of nitrogens with zero attached hydrogens (tertiary/aromatic N) is 2. The van der Waals surface area contributed by atoms with Crippen molar-refractivity contribution in [1.82, 2.24) is 9.97 Å². The molecule has 17 heavy (non-hydrogen) atoms. The van der Waals surface area contributed by atoms with E-state index in [0.29, 0.717) is 5.92 Å². The van der Waals surface area contributed by atoms with Gasteiger partial charge in [0.1, 0.15) is 12.1 Å². The Balaban J connectivity index is 2.52. The smallest absolute Gasteiger partial charge is 0.123 e. The number of aromatic nitrogens is 2. The summed E-state index contributed by atoms with van der Waals surface area (Å²) in [5, 5.41) is 0. The molecule has 2 nitrogen and oxygen atoms in total. The summed E-state index contributed by atoms with van der Waals surface area (Å²) in [4.78, 5) is 8.58. The molecule has 0 bridgehead atoms. The third kappa shape index (κ3) is 2.33. The van der Waals surface area contributed by atoms with Crippen LogP contribution in [0.1, 0.15) is 31.0 Å². The van der Waals surface area contributed by atoms with Crippen molar-refractivity contribution < 1.29 is 4.39 Å². The van der Waals surface area contributed by atoms with Crippen molar-refractivity contribution in [2.45, 2.75) is 26.7 Å². The van der Waals surface area contributed by atoms with E-state index in [1.165, 1.54) is 12.1 Å². The molecule has 0 aliphatic heterocycles. The van der Waals surface area contributed by atoms with E-state index in [0.717, 1.165) is 22.5 Å². The molecule has 0 atom stereocenters. The van der Waals surface area contributed by atoms with Gasteiger partial charge in [-0.2, -0.15) is 0 Å². The summed E-state index contributed by atoms with van der Waals surface area (Å²) in [6.07, 6.45) is 1.57. The van der Waals surface area contributed by atoms with Gasteiger partial charge >= 0.3 is 0 Å². The SMILES string of the molecule is Cc1c(-c2ccc(F)cc2)ncnc1C(C)C. The number of benzene rings is 1. The number of hydrogen-bond acceptors (Lipinski definition) is 2. The molecule has 0 saturated carbocycles. The van der Waals surface area contributed by atoms with Crippen LogP contribution in [-0.2, 0) is 0 Å². The molecule has 0 aliphatic rings. The molecule has 3 heteroatoms. The monoisotopic (exact) mass is 230 g/mol. The highest BCUT2D eigenvalue weighted by Gasteiger charge is 2.11. The highest BCUT2D eigenvalue weighted by molar-refractivity contribution is 5.63. The molecule has 1 aromatic carbocycles. The van der Waals surface area contributed by atoms with Crippen LogP contribution < -0.4 is 0 Å². The second-order valence-corrected chi connectivity index (χ2v) is 4.39. The van der Waals surface area contributed by atoms with Crippen molar-refractivity contribution in [3.05, 3.63) is 47.7 Å². The average Bonchev–Trinajstić information content (AvgIpc) is 2.30. The van der Waals surface area contributed by atoms with Gasteiger partial charge in [0, 0.05) is 11.3 Å². The molecule has 0 spiro atoms. The Labute approximate surface area is 101 Å². The first kappa shape index (κ1) is 11.7. The molecule has 2 rings (SSSR count). The standard InChI is InChI=1S/C14H15FN2/c1-9(2)13-10(3)14(17-8-16-13)11-4-6-12(15)7-5-11/h4-9H,1-3H3. The van der Waals surface area contributed by atoms with Gasteiger partial charge < -0.3 is 0 Å². The third-order valence-corrected chi connectivity index (χ3v) is 2.79. The Morgan fingerprint density at radius 3 is 2.29 bits per heavy atom. The van der Waals surface area contributed by atoms with Crippen molar-refractivity contribution >= 4 is 0 Å². The third-order valence-electron chi connectivity index (χ3n) is 2.79. The lowest BCUT2D eigenvalue weighted by Gasteiger charge is -2.11. The Morgan fingerprint density at radius 1 is 1.06 bits per heavy atom. The minimum atomic E-state index is -0.232. The van der Waals surface area contributed by atoms with E-state index in [4.69, 9.17) is 0 Å². The van der Waals surface area contributed by atoms with E-state index in [2.05, 4.69) is 23.8 Å². The predicted molar refractivity (Wildman–Crippen MR) is 66.3 cm³/mol. The first-order chi connectivity index (χ1) is 8.09. The van der Waals surface area contributed by atoms with Crippen LogP contribution in [-0.4, -0.2) is 9.97 Å². The summed E-state index contributed by atoms with van der Waals surface area (Å²) in [5.41, 5.74) is 3.91. The van der Waals surface area contributed by atoms with Crippen molar-refractivity contribution in [3.63, 3.8) is 0 Å². The van der Waals surface area contributed by atoms with Crippen molar-refractivity contribution in [2.75, 3.05) is 0 Å². The molecular weight excluding hydrogens is 215 g/mol. The van der Waals surface area contributed by atoms with E-state index in [1.54, 1.807) is 18.5 Å². The fraction of sp³-hybridized carbons (Fsp3) is 0.286. The summed E-state index contributed by atoms with van der Waals surface area (Å²) >= 11 is 0. The first-order valence-corrected chi connectivity index (χ1v) is 5.67. The summed E-state index contributed by atoms with van der Waals surface area (Å²) < 4.78 is 12.9. The van der Waals surface area contributed by atoms with Crippen molar-refractivity contribution in [1.29, 1.82) is 0 Å². The largest absolute Gasteiger partial charge is 0.241 e. The molecular formula is C14H15FN2. The average molecular weight is 230 g/mol. The molecule has 0 radical (unpaired) electrons. The highest BCUT2D eigenvalue weighted by atomic mass is 19.1. The van der Waals surface area contributed by atoms with Gasteiger partial charge in [-0.15, -0.1) is 0 Å². The zero-order valence-corrected chi connectivity index (χ0v) is 10.2. The maximum absolute atomic E-state index is 12.9. The molecule has 0 saturated heterocycles. The minimum Gasteiger partial charge on any atom is -0.241 e. The maximum Gasteiger partial charge on any atom is 0.123 e. The number of hydrogen-bond donors (Lipinski definition) is 0. The Kier molecular flexibility index (Phi) is 3.18. The van der Waals surface area contributed by atoms with Gasteiger partial charge in [0.05, 0.1) is 5.69 Å². The summed E-state index contributed by atoms with van der Waals surface area (Å²) in [5.74, 6) is 0.127. The van der Waals surface area contributed by atoms with E-state index >= 15 is 0 Å². The molecule has 1 aromatic heterocycles. The van der Waals surface area contributed by atoms with Crippen LogP contribution in [0.2, 0.25) is 0 Å². The van der Waals surface area contributed by atoms with Crippen LogP contribution in [0.15, 0.2) is 30.6 Å². The molecule has 0 fully saturated rings. The van der Waals surface area contributed by atoms with E-state index in [-0.39, 0.29) is 5.82 Å². The van der Waals surface area contributed by atoms with Crippen LogP contribution in [0.4, 0.5) is 4.39 Å². The van der Waals surface area contributed by atoms with Crippen LogP contribution in [0.3, 0.4) is 0 Å². The van der Waals surface area contributed by atoms with E-state index in [1.807, 2.05) is 6.92 Å². The molecule has 2 aromatic rings. The van der Waals surface area contributed by atoms with Gasteiger partial charge in [-0.05, 0) is 42.7 Å². The lowest BCUT2D eigenvalue weighted by atomic mass is 10.00. The second kappa shape index (κ2) is 4.62. The lowest BCUT2D eigenvalue weighted by Crippen LogP contribution is -2.00. The quantitative estimate of drug-likeness (QED) is 0.785. The van der Waals surface area contributed by atoms with Gasteiger partial charge in [0.15, 0.2) is 0 Å². The van der Waals surface area contributed by atoms with Crippen LogP contribution in [0.5, 0.6) is 0 Å². The van der Waals surface area contributed by atoms with Gasteiger partial charge in [-0.25, -0.2) is 14.4 Å². The van der Waals surface area contributed by atoms with Gasteiger partial charge in [0.25, 0.3) is 0 Å². The van der Waals surface area contributed by atoms with Gasteiger partial charge in [-0.1, -0.05) is 13.8 Å². The fourth-order valence-corrected chi connectivity index (χ4v) is 1.94. The first-order valence-electron chi connectivity index (χ1n) is 5.67. The topological polar surface area (TPSA) is 25.8 Å². The Bertz CT molecular complexity index is 518. The van der Waals surface area contributed by atoms with Gasteiger partial charge in [-0.3, -0.25) is 0 Å². The van der Waals surface area contributed by atoms with Crippen LogP contribution >= 0.6 is 0 Å². The Hall–Kier alpha value is -1.77. The minimum absolute atomic E-state index is 0.232. The molecule has 0 unspecified atom stereocenters. The normalized spacial score (nSPS) is 10.9. The zero-order chi connectivity index (χ0) is 12.4.